The summed E-state index contributed by atoms with van der Waals surface area (Å²) in [5.74, 6) is -0.0341. The van der Waals surface area contributed by atoms with Crippen molar-refractivity contribution in [3.05, 3.63) is 12.2 Å². The molecule has 298 valence electrons. The number of carbonyl (C=O) groups is 1. The van der Waals surface area contributed by atoms with Gasteiger partial charge in [0.15, 0.2) is 0 Å². The number of amides is 1. The first kappa shape index (κ1) is 49.1. The maximum absolute atomic E-state index is 12.3. The fourth-order valence-electron chi connectivity index (χ4n) is 7.24. The molecule has 0 rings (SSSR count). The first-order valence-corrected chi connectivity index (χ1v) is 22.9. The van der Waals surface area contributed by atoms with Gasteiger partial charge in [-0.15, -0.1) is 0 Å². The van der Waals surface area contributed by atoms with Gasteiger partial charge < -0.3 is 15.5 Å². The van der Waals surface area contributed by atoms with Crippen molar-refractivity contribution in [2.24, 2.45) is 0 Å². The minimum atomic E-state index is -0.651. The van der Waals surface area contributed by atoms with Crippen molar-refractivity contribution in [3.8, 4) is 0 Å². The van der Waals surface area contributed by atoms with E-state index in [0.717, 1.165) is 25.7 Å². The first-order chi connectivity index (χ1) is 24.7. The Bertz CT molecular complexity index is 680. The summed E-state index contributed by atoms with van der Waals surface area (Å²) in [7, 11) is 0. The highest BCUT2D eigenvalue weighted by molar-refractivity contribution is 5.76. The quantitative estimate of drug-likeness (QED) is 0.0437. The van der Waals surface area contributed by atoms with Crippen molar-refractivity contribution in [1.82, 2.24) is 5.32 Å². The molecule has 0 aliphatic rings. The molecule has 2 atom stereocenters. The molecule has 1 amide bonds. The number of aliphatic hydroxyl groups is 2. The zero-order valence-corrected chi connectivity index (χ0v) is 34.2. The van der Waals surface area contributed by atoms with Crippen LogP contribution in [0.3, 0.4) is 0 Å². The van der Waals surface area contributed by atoms with E-state index in [9.17, 15) is 15.0 Å². The highest BCUT2D eigenvalue weighted by atomic mass is 16.3. The first-order valence-electron chi connectivity index (χ1n) is 22.9. The Hall–Kier alpha value is -0.870. The molecule has 4 nitrogen and oxygen atoms in total. The van der Waals surface area contributed by atoms with E-state index < -0.39 is 12.1 Å². The molecular weight excluding hydrogens is 615 g/mol. The molecule has 0 aliphatic heterocycles. The van der Waals surface area contributed by atoms with Crippen molar-refractivity contribution in [3.63, 3.8) is 0 Å². The number of unbranched alkanes of at least 4 members (excludes halogenated alkanes) is 33. The molecule has 50 heavy (non-hydrogen) atoms. The number of hydrogen-bond donors (Lipinski definition) is 3. The second-order valence-electron chi connectivity index (χ2n) is 15.8. The summed E-state index contributed by atoms with van der Waals surface area (Å²) in [5.41, 5.74) is 0. The molecule has 0 aromatic carbocycles. The van der Waals surface area contributed by atoms with Crippen molar-refractivity contribution >= 4 is 5.91 Å². The van der Waals surface area contributed by atoms with Crippen LogP contribution in [-0.4, -0.2) is 34.9 Å². The zero-order valence-electron chi connectivity index (χ0n) is 34.2. The summed E-state index contributed by atoms with van der Waals surface area (Å²) in [5, 5.41) is 22.8. The Morgan fingerprint density at radius 3 is 1.10 bits per heavy atom. The van der Waals surface area contributed by atoms with E-state index in [0.29, 0.717) is 12.8 Å². The molecule has 3 N–H and O–H groups in total. The Balaban J connectivity index is 3.29. The summed E-state index contributed by atoms with van der Waals surface area (Å²) in [6.45, 7) is 4.29. The van der Waals surface area contributed by atoms with E-state index in [1.807, 2.05) is 0 Å². The molecule has 0 saturated carbocycles. The van der Waals surface area contributed by atoms with E-state index in [4.69, 9.17) is 0 Å². The largest absolute Gasteiger partial charge is 0.394 e. The minimum absolute atomic E-state index is 0.0341. The average Bonchev–Trinajstić information content (AvgIpc) is 3.12. The molecule has 0 radical (unpaired) electrons. The Labute approximate surface area is 314 Å². The summed E-state index contributed by atoms with van der Waals surface area (Å²) < 4.78 is 0. The Kier molecular flexibility index (Phi) is 41.8. The molecule has 0 spiro atoms. The highest BCUT2D eigenvalue weighted by Crippen LogP contribution is 2.16. The summed E-state index contributed by atoms with van der Waals surface area (Å²) in [6.07, 6.45) is 53.5. The average molecular weight is 706 g/mol. The molecule has 0 saturated heterocycles. The second-order valence-corrected chi connectivity index (χ2v) is 15.8. The molecule has 0 fully saturated rings. The third kappa shape index (κ3) is 38.4. The molecule has 0 aromatic heterocycles. The van der Waals surface area contributed by atoms with Crippen LogP contribution in [0, 0.1) is 0 Å². The standard InChI is InChI=1S/C46H91NO3/c1-3-5-7-9-10-11-12-13-14-15-16-17-18-19-20-21-22-23-24-25-26-27-28-29-30-31-32-33-34-35-36-38-40-42-46(50)47-44(43-48)45(49)41-39-37-8-6-4-2/h15-16,44-45,48-49H,3-14,17-43H2,1-2H3,(H,47,50)/b16-15-. The molecule has 4 heteroatoms. The maximum atomic E-state index is 12.3. The summed E-state index contributed by atoms with van der Waals surface area (Å²) >= 11 is 0. The fraction of sp³-hybridized carbons (Fsp3) is 0.935. The normalized spacial score (nSPS) is 13.0. The fourth-order valence-corrected chi connectivity index (χ4v) is 7.24. The summed E-state index contributed by atoms with van der Waals surface area (Å²) in [4.78, 5) is 12.3. The lowest BCUT2D eigenvalue weighted by Gasteiger charge is -2.22. The van der Waals surface area contributed by atoms with Gasteiger partial charge in [0, 0.05) is 6.42 Å². The topological polar surface area (TPSA) is 69.6 Å². The van der Waals surface area contributed by atoms with Gasteiger partial charge in [-0.1, -0.05) is 225 Å². The number of rotatable bonds is 42. The van der Waals surface area contributed by atoms with Crippen LogP contribution in [-0.2, 0) is 4.79 Å². The van der Waals surface area contributed by atoms with Gasteiger partial charge in [0.2, 0.25) is 5.91 Å². The van der Waals surface area contributed by atoms with E-state index in [1.54, 1.807) is 0 Å². The van der Waals surface area contributed by atoms with Gasteiger partial charge in [-0.3, -0.25) is 4.79 Å². The van der Waals surface area contributed by atoms with Crippen molar-refractivity contribution in [2.75, 3.05) is 6.61 Å². The third-order valence-corrected chi connectivity index (χ3v) is 10.8. The third-order valence-electron chi connectivity index (χ3n) is 10.8. The van der Waals surface area contributed by atoms with Crippen LogP contribution >= 0.6 is 0 Å². The monoisotopic (exact) mass is 706 g/mol. The lowest BCUT2D eigenvalue weighted by Crippen LogP contribution is -2.45. The number of nitrogens with one attached hydrogen (secondary N) is 1. The lowest BCUT2D eigenvalue weighted by atomic mass is 10.0. The van der Waals surface area contributed by atoms with Gasteiger partial charge in [-0.2, -0.15) is 0 Å². The van der Waals surface area contributed by atoms with Gasteiger partial charge in [-0.05, 0) is 38.5 Å². The SMILES string of the molecule is CCCCCCCCCC/C=C\CCCCCCCCCCCCCCCCCCCCCCCC(=O)NC(CO)C(O)CCCCCCC. The van der Waals surface area contributed by atoms with Crippen molar-refractivity contribution < 1.29 is 15.0 Å². The number of carbonyl (C=O) groups excluding carboxylic acids is 1. The number of aliphatic hydroxyl groups excluding tert-OH is 2. The lowest BCUT2D eigenvalue weighted by molar-refractivity contribution is -0.123. The van der Waals surface area contributed by atoms with Crippen molar-refractivity contribution in [1.29, 1.82) is 0 Å². The van der Waals surface area contributed by atoms with Gasteiger partial charge in [0.25, 0.3) is 0 Å². The van der Waals surface area contributed by atoms with Gasteiger partial charge in [0.05, 0.1) is 18.8 Å². The smallest absolute Gasteiger partial charge is 0.220 e. The molecule has 0 aliphatic carbocycles. The van der Waals surface area contributed by atoms with Crippen LogP contribution < -0.4 is 5.32 Å². The highest BCUT2D eigenvalue weighted by Gasteiger charge is 2.19. The van der Waals surface area contributed by atoms with Gasteiger partial charge in [0.1, 0.15) is 0 Å². The molecule has 0 heterocycles. The van der Waals surface area contributed by atoms with E-state index in [1.165, 1.54) is 205 Å². The predicted molar refractivity (Wildman–Crippen MR) is 221 cm³/mol. The molecule has 2 unspecified atom stereocenters. The minimum Gasteiger partial charge on any atom is -0.394 e. The van der Waals surface area contributed by atoms with Crippen molar-refractivity contribution in [2.45, 2.75) is 270 Å². The van der Waals surface area contributed by atoms with E-state index in [-0.39, 0.29) is 12.5 Å². The predicted octanol–water partition coefficient (Wildman–Crippen LogP) is 14.2. The van der Waals surface area contributed by atoms with Crippen LogP contribution in [0.2, 0.25) is 0 Å². The number of allylic oxidation sites excluding steroid dienone is 2. The Morgan fingerprint density at radius 2 is 0.760 bits per heavy atom. The molecular formula is C46H91NO3. The van der Waals surface area contributed by atoms with Crippen LogP contribution in [0.5, 0.6) is 0 Å². The van der Waals surface area contributed by atoms with Crippen LogP contribution in [0.4, 0.5) is 0 Å². The van der Waals surface area contributed by atoms with Gasteiger partial charge in [-0.25, -0.2) is 0 Å². The molecule has 0 aromatic rings. The summed E-state index contributed by atoms with van der Waals surface area (Å²) in [6, 6.07) is -0.527. The Morgan fingerprint density at radius 1 is 0.460 bits per heavy atom. The zero-order chi connectivity index (χ0) is 36.4. The van der Waals surface area contributed by atoms with Crippen LogP contribution in [0.15, 0.2) is 12.2 Å². The van der Waals surface area contributed by atoms with E-state index >= 15 is 0 Å². The molecule has 0 bridgehead atoms. The van der Waals surface area contributed by atoms with Gasteiger partial charge >= 0.3 is 0 Å². The maximum Gasteiger partial charge on any atom is 0.220 e. The number of hydrogen-bond acceptors (Lipinski definition) is 3. The second kappa shape index (κ2) is 42.5. The van der Waals surface area contributed by atoms with E-state index in [2.05, 4.69) is 31.3 Å². The van der Waals surface area contributed by atoms with Crippen LogP contribution in [0.25, 0.3) is 0 Å². The van der Waals surface area contributed by atoms with Crippen LogP contribution in [0.1, 0.15) is 258 Å².